The monoisotopic (exact) mass is 363 g/mol. The van der Waals surface area contributed by atoms with E-state index in [-0.39, 0.29) is 0 Å². The van der Waals surface area contributed by atoms with Crippen molar-refractivity contribution in [3.63, 3.8) is 0 Å². The van der Waals surface area contributed by atoms with Crippen LogP contribution in [-0.2, 0) is 0 Å². The molecular formula is C20H19N4O3+. The summed E-state index contributed by atoms with van der Waals surface area (Å²) in [5, 5.41) is 14.8. The van der Waals surface area contributed by atoms with Crippen LogP contribution in [0.4, 0.5) is 11.4 Å². The number of hydrogen-bond donors (Lipinski definition) is 4. The second-order valence-electron chi connectivity index (χ2n) is 6.10. The van der Waals surface area contributed by atoms with Gasteiger partial charge >= 0.3 is 5.09 Å². The predicted molar refractivity (Wildman–Crippen MR) is 105 cm³/mol. The third-order valence-electron chi connectivity index (χ3n) is 4.27. The molecule has 7 heteroatoms. The van der Waals surface area contributed by atoms with Gasteiger partial charge in [0.2, 0.25) is 0 Å². The molecule has 0 saturated heterocycles. The van der Waals surface area contributed by atoms with Crippen molar-refractivity contribution in [1.29, 1.82) is 0 Å². The fourth-order valence-electron chi connectivity index (χ4n) is 3.02. The van der Waals surface area contributed by atoms with E-state index in [1.54, 1.807) is 0 Å². The van der Waals surface area contributed by atoms with E-state index < -0.39 is 5.09 Å². The molecule has 0 unspecified atom stereocenters. The largest absolute Gasteiger partial charge is 0.472 e. The van der Waals surface area contributed by atoms with Crippen LogP contribution in [0.2, 0.25) is 0 Å². The minimum atomic E-state index is -1.25. The lowest BCUT2D eigenvalue weighted by Gasteiger charge is -2.13. The highest BCUT2D eigenvalue weighted by molar-refractivity contribution is 6.10. The molecule has 0 radical (unpaired) electrons. The maximum absolute atomic E-state index is 8.47. The van der Waals surface area contributed by atoms with Gasteiger partial charge < -0.3 is 11.5 Å². The topological polar surface area (TPSA) is 125 Å². The van der Waals surface area contributed by atoms with Crippen molar-refractivity contribution in [2.45, 2.75) is 6.92 Å². The van der Waals surface area contributed by atoms with Crippen LogP contribution in [0.15, 0.2) is 60.7 Å². The number of pyridine rings is 1. The number of benzene rings is 3. The van der Waals surface area contributed by atoms with E-state index >= 15 is 0 Å². The van der Waals surface area contributed by atoms with Crippen LogP contribution in [0.1, 0.15) is 5.56 Å². The van der Waals surface area contributed by atoms with Gasteiger partial charge in [0.05, 0.1) is 11.0 Å². The Labute approximate surface area is 155 Å². The summed E-state index contributed by atoms with van der Waals surface area (Å²) in [5.74, 6) is 0. The molecule has 1 heterocycles. The van der Waals surface area contributed by atoms with Crippen molar-refractivity contribution in [3.8, 4) is 11.1 Å². The van der Waals surface area contributed by atoms with E-state index in [9.17, 15) is 0 Å². The van der Waals surface area contributed by atoms with E-state index in [0.29, 0.717) is 0 Å². The van der Waals surface area contributed by atoms with Crippen LogP contribution in [0.25, 0.3) is 32.9 Å². The number of rotatable bonds is 1. The predicted octanol–water partition coefficient (Wildman–Crippen LogP) is 4.07. The Hall–Kier alpha value is -3.87. The van der Waals surface area contributed by atoms with Crippen LogP contribution >= 0.6 is 0 Å². The number of para-hydroxylation sites is 1. The number of hydrogen-bond acceptors (Lipinski definition) is 4. The average Bonchev–Trinajstić information content (AvgIpc) is 2.62. The first kappa shape index (κ1) is 17.9. The Balaban J connectivity index is 0.000000481. The highest BCUT2D eigenvalue weighted by Gasteiger charge is 2.12. The molecule has 0 amide bonds. The molecule has 0 saturated carbocycles. The number of aryl methyl sites for hydroxylation is 1. The average molecular weight is 363 g/mol. The van der Waals surface area contributed by atoms with Crippen molar-refractivity contribution >= 4 is 33.2 Å². The van der Waals surface area contributed by atoms with Gasteiger partial charge in [0, 0.05) is 27.7 Å². The van der Waals surface area contributed by atoms with Crippen LogP contribution in [0, 0.1) is 11.8 Å². The first-order chi connectivity index (χ1) is 12.9. The molecule has 0 atom stereocenters. The molecule has 0 aliphatic carbocycles. The molecule has 4 aromatic rings. The zero-order valence-corrected chi connectivity index (χ0v) is 14.6. The van der Waals surface area contributed by atoms with Gasteiger partial charge in [-0.3, -0.25) is 0 Å². The van der Waals surface area contributed by atoms with Crippen LogP contribution in [-0.4, -0.2) is 20.5 Å². The van der Waals surface area contributed by atoms with Gasteiger partial charge in [-0.05, 0) is 48.4 Å². The normalized spacial score (nSPS) is 10.4. The molecule has 136 valence electrons. The molecule has 0 spiro atoms. The molecule has 3 aromatic carbocycles. The smallest absolute Gasteiger partial charge is 0.399 e. The molecule has 0 bridgehead atoms. The van der Waals surface area contributed by atoms with Crippen LogP contribution < -0.4 is 11.5 Å². The van der Waals surface area contributed by atoms with E-state index in [1.807, 2.05) is 43.3 Å². The van der Waals surface area contributed by atoms with Crippen LogP contribution in [0.3, 0.4) is 0 Å². The van der Waals surface area contributed by atoms with Crippen LogP contribution in [0.5, 0.6) is 0 Å². The number of anilines is 2. The number of nitrogens with two attached hydrogens (primary N) is 2. The molecule has 0 aliphatic heterocycles. The minimum absolute atomic E-state index is 0.761. The fraction of sp³-hybridized carbons (Fsp3) is 0.0500. The summed E-state index contributed by atoms with van der Waals surface area (Å²) in [5.41, 5.74) is 18.7. The van der Waals surface area contributed by atoms with Crippen molar-refractivity contribution in [2.24, 2.45) is 0 Å². The van der Waals surface area contributed by atoms with Gasteiger partial charge in [-0.2, -0.15) is 0 Å². The third kappa shape index (κ3) is 3.72. The van der Waals surface area contributed by atoms with Gasteiger partial charge in [0.1, 0.15) is 4.91 Å². The fourth-order valence-corrected chi connectivity index (χ4v) is 3.02. The zero-order valence-electron chi connectivity index (χ0n) is 14.6. The number of nitrogens with zero attached hydrogens (tertiary/aromatic N) is 2. The lowest BCUT2D eigenvalue weighted by atomic mass is 9.95. The molecular weight excluding hydrogens is 344 g/mol. The SMILES string of the molecule is Cc1cc2c(-c3ccc(N)cc3)c3ccccc3nc2cc1N.O=[N+](O)O. The van der Waals surface area contributed by atoms with E-state index in [1.165, 1.54) is 5.56 Å². The standard InChI is InChI=1S/C20H17N3.H2NO3/c1-12-10-16-19(11-17(12)22)23-18-5-3-2-4-15(18)20(16)13-6-8-14(21)9-7-13;2-1(3)4/h2-11H,21-22H2,1H3;(H2,2,3,4)/q;+1. The number of fused-ring (bicyclic) bond motifs is 2. The quantitative estimate of drug-likeness (QED) is 0.229. The molecule has 6 N–H and O–H groups in total. The molecule has 4 rings (SSSR count). The summed E-state index contributed by atoms with van der Waals surface area (Å²) < 4.78 is 0. The summed E-state index contributed by atoms with van der Waals surface area (Å²) in [4.78, 5) is 13.3. The second kappa shape index (κ2) is 7.17. The van der Waals surface area contributed by atoms with Gasteiger partial charge in [-0.15, -0.1) is 0 Å². The molecule has 27 heavy (non-hydrogen) atoms. The first-order valence-corrected chi connectivity index (χ1v) is 8.16. The zero-order chi connectivity index (χ0) is 19.6. The Morgan fingerprint density at radius 3 is 2.19 bits per heavy atom. The van der Waals surface area contributed by atoms with Crippen molar-refractivity contribution in [2.75, 3.05) is 11.5 Å². The Kier molecular flexibility index (Phi) is 4.76. The molecule has 0 fully saturated rings. The number of aromatic nitrogens is 1. The maximum Gasteiger partial charge on any atom is 0.472 e. The van der Waals surface area contributed by atoms with Crippen molar-refractivity contribution < 1.29 is 15.5 Å². The van der Waals surface area contributed by atoms with E-state index in [0.717, 1.165) is 44.3 Å². The van der Waals surface area contributed by atoms with Gasteiger partial charge in [0.25, 0.3) is 0 Å². The van der Waals surface area contributed by atoms with E-state index in [4.69, 9.17) is 31.8 Å². The second-order valence-corrected chi connectivity index (χ2v) is 6.10. The Morgan fingerprint density at radius 1 is 0.889 bits per heavy atom. The highest BCUT2D eigenvalue weighted by Crippen LogP contribution is 2.36. The summed E-state index contributed by atoms with van der Waals surface area (Å²) in [6.45, 7) is 2.02. The number of nitrogen functional groups attached to an aromatic ring is 2. The summed E-state index contributed by atoms with van der Waals surface area (Å²) in [6, 6.07) is 20.2. The maximum atomic E-state index is 8.47. The lowest BCUT2D eigenvalue weighted by Crippen LogP contribution is -1.94. The Bertz CT molecular complexity index is 1140. The lowest BCUT2D eigenvalue weighted by molar-refractivity contribution is -0.969. The highest BCUT2D eigenvalue weighted by atomic mass is 16.9. The first-order valence-electron chi connectivity index (χ1n) is 8.16. The molecule has 0 aliphatic rings. The summed E-state index contributed by atoms with van der Waals surface area (Å²) in [7, 11) is 0. The molecule has 7 nitrogen and oxygen atoms in total. The third-order valence-corrected chi connectivity index (χ3v) is 4.27. The molecule has 1 aromatic heterocycles. The summed E-state index contributed by atoms with van der Waals surface area (Å²) >= 11 is 0. The van der Waals surface area contributed by atoms with Gasteiger partial charge in [0.15, 0.2) is 0 Å². The van der Waals surface area contributed by atoms with Crippen molar-refractivity contribution in [1.82, 2.24) is 4.98 Å². The Morgan fingerprint density at radius 2 is 1.52 bits per heavy atom. The summed E-state index contributed by atoms with van der Waals surface area (Å²) in [6.07, 6.45) is 0. The van der Waals surface area contributed by atoms with Gasteiger partial charge in [-0.25, -0.2) is 15.4 Å². The van der Waals surface area contributed by atoms with E-state index in [2.05, 4.69) is 24.3 Å². The van der Waals surface area contributed by atoms with Crippen molar-refractivity contribution in [3.05, 3.63) is 71.1 Å². The van der Waals surface area contributed by atoms with Gasteiger partial charge in [-0.1, -0.05) is 30.3 Å². The minimum Gasteiger partial charge on any atom is -0.399 e.